The van der Waals surface area contributed by atoms with Crippen molar-refractivity contribution in [1.82, 2.24) is 4.72 Å². The van der Waals surface area contributed by atoms with Crippen molar-refractivity contribution in [2.24, 2.45) is 0 Å². The van der Waals surface area contributed by atoms with Crippen LogP contribution in [0.5, 0.6) is 0 Å². The summed E-state index contributed by atoms with van der Waals surface area (Å²) < 4.78 is 54.2. The lowest BCUT2D eigenvalue weighted by atomic mass is 10.0. The molecule has 0 aliphatic heterocycles. The predicted molar refractivity (Wildman–Crippen MR) is 70.3 cm³/mol. The fraction of sp³-hybridized carbons (Fsp3) is 0.538. The number of hydrogen-bond donors (Lipinski definition) is 1. The summed E-state index contributed by atoms with van der Waals surface area (Å²) in [6.45, 7) is 7.51. The van der Waals surface area contributed by atoms with Crippen molar-refractivity contribution in [2.75, 3.05) is 0 Å². The number of nitrogens with one attached hydrogen (secondary N) is 1. The fourth-order valence-electron chi connectivity index (χ4n) is 1.38. The highest BCUT2D eigenvalue weighted by Crippen LogP contribution is 2.32. The van der Waals surface area contributed by atoms with Crippen molar-refractivity contribution in [2.45, 2.75) is 44.7 Å². The zero-order valence-electron chi connectivity index (χ0n) is 11.2. The van der Waals surface area contributed by atoms with Gasteiger partial charge < -0.3 is 0 Å². The normalized spacial score (nSPS) is 14.5. The van der Waals surface area contributed by atoms with Crippen LogP contribution in [-0.4, -0.2) is 4.75 Å². The number of benzene rings is 1. The van der Waals surface area contributed by atoms with Crippen molar-refractivity contribution < 1.29 is 17.6 Å². The first kappa shape index (κ1) is 16.3. The number of hydrogen-bond acceptors (Lipinski definition) is 2. The van der Waals surface area contributed by atoms with Crippen LogP contribution in [0, 0.1) is 5.82 Å². The van der Waals surface area contributed by atoms with Crippen molar-refractivity contribution in [3.8, 4) is 0 Å². The van der Waals surface area contributed by atoms with E-state index in [2.05, 4.69) is 4.72 Å². The molecule has 0 saturated carbocycles. The molecule has 0 radical (unpaired) electrons. The molecule has 0 fully saturated rings. The molecule has 19 heavy (non-hydrogen) atoms. The van der Waals surface area contributed by atoms with Crippen molar-refractivity contribution in [1.29, 1.82) is 0 Å². The lowest BCUT2D eigenvalue weighted by Gasteiger charge is -2.22. The zero-order valence-corrected chi connectivity index (χ0v) is 12.0. The van der Waals surface area contributed by atoms with E-state index < -0.39 is 23.6 Å². The molecule has 1 N–H and O–H groups in total. The molecule has 1 aromatic carbocycles. The minimum atomic E-state index is -4.46. The van der Waals surface area contributed by atoms with E-state index in [1.165, 1.54) is 11.9 Å². The Morgan fingerprint density at radius 3 is 2.21 bits per heavy atom. The van der Waals surface area contributed by atoms with Crippen LogP contribution >= 0.6 is 11.9 Å². The molecular formula is C13H17F4NS. The van der Waals surface area contributed by atoms with Gasteiger partial charge >= 0.3 is 6.18 Å². The highest BCUT2D eigenvalue weighted by Gasteiger charge is 2.31. The van der Waals surface area contributed by atoms with E-state index in [0.29, 0.717) is 0 Å². The molecule has 108 valence electrons. The molecule has 1 nitrogen and oxygen atoms in total. The van der Waals surface area contributed by atoms with Gasteiger partial charge in [-0.15, -0.1) is 0 Å². The summed E-state index contributed by atoms with van der Waals surface area (Å²) in [5.41, 5.74) is -0.815. The minimum Gasteiger partial charge on any atom is -0.256 e. The summed E-state index contributed by atoms with van der Waals surface area (Å²) >= 11 is 1.36. The second-order valence-corrected chi connectivity index (χ2v) is 6.95. The summed E-state index contributed by atoms with van der Waals surface area (Å²) in [6, 6.07) is 1.96. The molecule has 1 unspecified atom stereocenters. The van der Waals surface area contributed by atoms with E-state index >= 15 is 0 Å². The van der Waals surface area contributed by atoms with Gasteiger partial charge in [0.2, 0.25) is 0 Å². The average molecular weight is 295 g/mol. The summed E-state index contributed by atoms with van der Waals surface area (Å²) in [7, 11) is 0. The lowest BCUT2D eigenvalue weighted by Crippen LogP contribution is -2.21. The second-order valence-electron chi connectivity index (χ2n) is 5.29. The van der Waals surface area contributed by atoms with E-state index in [9.17, 15) is 17.6 Å². The van der Waals surface area contributed by atoms with Gasteiger partial charge in [-0.2, -0.15) is 13.2 Å². The van der Waals surface area contributed by atoms with Crippen molar-refractivity contribution >= 4 is 11.9 Å². The lowest BCUT2D eigenvalue weighted by molar-refractivity contribution is -0.137. The van der Waals surface area contributed by atoms with Gasteiger partial charge in [-0.25, -0.2) is 4.39 Å². The summed E-state index contributed by atoms with van der Waals surface area (Å²) in [5, 5.41) is 0. The fourth-order valence-corrected chi connectivity index (χ4v) is 2.04. The third-order valence-corrected chi connectivity index (χ3v) is 3.42. The Labute approximate surface area is 114 Å². The molecule has 0 spiro atoms. The maximum absolute atomic E-state index is 13.6. The Morgan fingerprint density at radius 1 is 1.16 bits per heavy atom. The van der Waals surface area contributed by atoms with Crippen LogP contribution in [0.1, 0.15) is 44.9 Å². The molecule has 0 saturated heterocycles. The molecule has 0 aliphatic carbocycles. The van der Waals surface area contributed by atoms with Gasteiger partial charge in [0.1, 0.15) is 5.82 Å². The second kappa shape index (κ2) is 5.71. The predicted octanol–water partition coefficient (Wildman–Crippen LogP) is 4.94. The first-order valence-electron chi connectivity index (χ1n) is 5.81. The van der Waals surface area contributed by atoms with Crippen LogP contribution in [0.4, 0.5) is 17.6 Å². The Bertz CT molecular complexity index is 437. The van der Waals surface area contributed by atoms with Crippen LogP contribution in [0.25, 0.3) is 0 Å². The molecule has 1 aromatic rings. The minimum absolute atomic E-state index is 0.0200. The van der Waals surface area contributed by atoms with Gasteiger partial charge in [-0.1, -0.05) is 11.9 Å². The first-order chi connectivity index (χ1) is 8.50. The van der Waals surface area contributed by atoms with E-state index in [-0.39, 0.29) is 10.3 Å². The molecule has 0 heterocycles. The molecule has 0 amide bonds. The monoisotopic (exact) mass is 295 g/mol. The molecule has 0 bridgehead atoms. The Hall–Kier alpha value is -0.750. The van der Waals surface area contributed by atoms with Crippen LogP contribution in [0.2, 0.25) is 0 Å². The van der Waals surface area contributed by atoms with Gasteiger partial charge in [0, 0.05) is 16.4 Å². The van der Waals surface area contributed by atoms with Gasteiger partial charge in [-0.3, -0.25) is 4.72 Å². The van der Waals surface area contributed by atoms with Gasteiger partial charge in [-0.05, 0) is 45.9 Å². The van der Waals surface area contributed by atoms with Crippen molar-refractivity contribution in [3.63, 3.8) is 0 Å². The number of alkyl halides is 3. The van der Waals surface area contributed by atoms with Gasteiger partial charge in [0.05, 0.1) is 5.56 Å². The van der Waals surface area contributed by atoms with E-state index in [4.69, 9.17) is 0 Å². The average Bonchev–Trinajstić information content (AvgIpc) is 2.24. The first-order valence-corrected chi connectivity index (χ1v) is 6.62. The summed E-state index contributed by atoms with van der Waals surface area (Å²) in [6.07, 6.45) is -4.46. The standard InChI is InChI=1S/C13H17F4NS/c1-8(18-19-12(2,3)4)10-7-9(13(15,16)17)5-6-11(10)14/h5-8,18H,1-4H3. The SMILES string of the molecule is CC(NSC(C)(C)C)c1cc(C(F)(F)F)ccc1F. The Balaban J connectivity index is 2.93. The molecule has 6 heteroatoms. The summed E-state index contributed by atoms with van der Waals surface area (Å²) in [5.74, 6) is -0.637. The van der Waals surface area contributed by atoms with Crippen LogP contribution in [-0.2, 0) is 6.18 Å². The highest BCUT2D eigenvalue weighted by molar-refractivity contribution is 7.98. The molecule has 1 atom stereocenters. The number of rotatable bonds is 3. The highest BCUT2D eigenvalue weighted by atomic mass is 32.2. The van der Waals surface area contributed by atoms with E-state index in [1.54, 1.807) is 6.92 Å². The van der Waals surface area contributed by atoms with Crippen molar-refractivity contribution in [3.05, 3.63) is 35.1 Å². The van der Waals surface area contributed by atoms with Gasteiger partial charge in [0.15, 0.2) is 0 Å². The van der Waals surface area contributed by atoms with E-state index in [0.717, 1.165) is 18.2 Å². The maximum atomic E-state index is 13.6. The van der Waals surface area contributed by atoms with Crippen LogP contribution in [0.3, 0.4) is 0 Å². The topological polar surface area (TPSA) is 12.0 Å². The third kappa shape index (κ3) is 5.03. The molecule has 0 aliphatic rings. The van der Waals surface area contributed by atoms with E-state index in [1.807, 2.05) is 20.8 Å². The van der Waals surface area contributed by atoms with Gasteiger partial charge in [0.25, 0.3) is 0 Å². The maximum Gasteiger partial charge on any atom is 0.416 e. The quantitative estimate of drug-likeness (QED) is 0.626. The van der Waals surface area contributed by atoms with Crippen LogP contribution < -0.4 is 4.72 Å². The summed E-state index contributed by atoms with van der Waals surface area (Å²) in [4.78, 5) is 0. The molecular weight excluding hydrogens is 278 g/mol. The Kier molecular flexibility index (Phi) is 4.90. The molecule has 0 aromatic heterocycles. The third-order valence-electron chi connectivity index (χ3n) is 2.33. The smallest absolute Gasteiger partial charge is 0.256 e. The Morgan fingerprint density at radius 2 is 1.74 bits per heavy atom. The number of halogens is 4. The van der Waals surface area contributed by atoms with Crippen LogP contribution in [0.15, 0.2) is 18.2 Å². The largest absolute Gasteiger partial charge is 0.416 e. The molecule has 1 rings (SSSR count). The zero-order chi connectivity index (χ0) is 14.8.